The monoisotopic (exact) mass is 514 g/mol. The molecule has 4 nitrogen and oxygen atoms in total. The second kappa shape index (κ2) is 16.8. The van der Waals surface area contributed by atoms with Crippen molar-refractivity contribution >= 4 is 34.0 Å². The summed E-state index contributed by atoms with van der Waals surface area (Å²) in [5, 5.41) is 16.1. The Labute approximate surface area is 190 Å². The van der Waals surface area contributed by atoms with Gasteiger partial charge in [-0.1, -0.05) is 51.4 Å². The first-order chi connectivity index (χ1) is 12.7. The molecule has 0 saturated heterocycles. The lowest BCUT2D eigenvalue weighted by atomic mass is 10.1. The van der Waals surface area contributed by atoms with Gasteiger partial charge in [0.1, 0.15) is 0 Å². The van der Waals surface area contributed by atoms with Crippen LogP contribution >= 0.6 is 34.0 Å². The fourth-order valence-corrected chi connectivity index (χ4v) is 3.22. The first-order valence-corrected chi connectivity index (χ1v) is 10.2. The standard InChI is InChI=1S/C22H34N4.2BrH/c23-21-11-17-25(18-12-21)15-9-7-5-3-1-2-4-6-8-10-16-26-19-13-22(24)14-20-26;;/h11-14,17-20,23-24H,1-10,15-16H2;2*1H. The summed E-state index contributed by atoms with van der Waals surface area (Å²) in [5.41, 5.74) is 0. The Morgan fingerprint density at radius 1 is 0.464 bits per heavy atom. The van der Waals surface area contributed by atoms with Crippen molar-refractivity contribution < 1.29 is 0 Å². The van der Waals surface area contributed by atoms with E-state index >= 15 is 0 Å². The number of hydrogen-bond donors (Lipinski definition) is 2. The molecule has 0 saturated carbocycles. The molecule has 0 aliphatic carbocycles. The largest absolute Gasteiger partial charge is 0.354 e. The molecule has 0 spiro atoms. The van der Waals surface area contributed by atoms with E-state index in [-0.39, 0.29) is 34.0 Å². The third kappa shape index (κ3) is 12.3. The maximum Gasteiger partial charge on any atom is 0.0568 e. The number of aryl methyl sites for hydroxylation is 2. The van der Waals surface area contributed by atoms with Crippen molar-refractivity contribution in [2.24, 2.45) is 0 Å². The van der Waals surface area contributed by atoms with E-state index < -0.39 is 0 Å². The van der Waals surface area contributed by atoms with Gasteiger partial charge in [0.2, 0.25) is 0 Å². The molecule has 0 amide bonds. The van der Waals surface area contributed by atoms with E-state index in [9.17, 15) is 0 Å². The molecule has 2 N–H and O–H groups in total. The van der Waals surface area contributed by atoms with Crippen LogP contribution in [0.3, 0.4) is 0 Å². The van der Waals surface area contributed by atoms with Gasteiger partial charge in [-0.3, -0.25) is 0 Å². The maximum atomic E-state index is 7.48. The highest BCUT2D eigenvalue weighted by Crippen LogP contribution is 2.11. The molecule has 0 radical (unpaired) electrons. The Hall–Kier alpha value is -1.14. The van der Waals surface area contributed by atoms with Crippen molar-refractivity contribution in [3.8, 4) is 0 Å². The number of halogens is 2. The second-order valence-electron chi connectivity index (χ2n) is 7.18. The summed E-state index contributed by atoms with van der Waals surface area (Å²) in [6.07, 6.45) is 21.3. The third-order valence-corrected chi connectivity index (χ3v) is 4.86. The SMILES string of the molecule is Br.Br.N=c1ccn(CCCCCCCCCCCCn2ccc(=N)cc2)cc1. The van der Waals surface area contributed by atoms with Gasteiger partial charge in [-0.25, -0.2) is 0 Å². The van der Waals surface area contributed by atoms with Gasteiger partial charge in [-0.05, 0) is 37.1 Å². The summed E-state index contributed by atoms with van der Waals surface area (Å²) < 4.78 is 4.36. The number of rotatable bonds is 13. The van der Waals surface area contributed by atoms with Gasteiger partial charge in [0.05, 0.1) is 10.7 Å². The van der Waals surface area contributed by atoms with E-state index in [1.807, 2.05) is 49.1 Å². The Kier molecular flexibility index (Phi) is 16.1. The molecule has 0 aromatic carbocycles. The van der Waals surface area contributed by atoms with Crippen molar-refractivity contribution in [1.82, 2.24) is 9.13 Å². The van der Waals surface area contributed by atoms with E-state index in [1.54, 1.807) is 0 Å². The Balaban J connectivity index is 0.00000364. The summed E-state index contributed by atoms with van der Waals surface area (Å²) in [4.78, 5) is 0. The molecule has 2 heterocycles. The molecule has 6 heteroatoms. The van der Waals surface area contributed by atoms with E-state index in [0.717, 1.165) is 13.1 Å². The average Bonchev–Trinajstić information content (AvgIpc) is 2.65. The zero-order valence-corrected chi connectivity index (χ0v) is 20.2. The minimum atomic E-state index is 0. The van der Waals surface area contributed by atoms with Crippen LogP contribution in [0, 0.1) is 10.8 Å². The molecule has 0 aliphatic heterocycles. The van der Waals surface area contributed by atoms with Gasteiger partial charge in [0, 0.05) is 37.9 Å². The van der Waals surface area contributed by atoms with Gasteiger partial charge >= 0.3 is 0 Å². The zero-order valence-electron chi connectivity index (χ0n) is 16.8. The molecule has 28 heavy (non-hydrogen) atoms. The lowest BCUT2D eigenvalue weighted by Crippen LogP contribution is -2.03. The fraction of sp³-hybridized carbons (Fsp3) is 0.545. The van der Waals surface area contributed by atoms with E-state index in [1.165, 1.54) is 64.2 Å². The summed E-state index contributed by atoms with van der Waals surface area (Å²) in [5.74, 6) is 0. The topological polar surface area (TPSA) is 57.6 Å². The molecular weight excluding hydrogens is 480 g/mol. The Morgan fingerprint density at radius 3 is 1.00 bits per heavy atom. The average molecular weight is 516 g/mol. The summed E-state index contributed by atoms with van der Waals surface area (Å²) in [6.45, 7) is 2.14. The third-order valence-electron chi connectivity index (χ3n) is 4.86. The maximum absolute atomic E-state index is 7.48. The predicted octanol–water partition coefficient (Wildman–Crippen LogP) is 6.01. The molecule has 2 aromatic rings. The number of pyridine rings is 2. The molecule has 158 valence electrons. The minimum absolute atomic E-state index is 0. The van der Waals surface area contributed by atoms with Gasteiger partial charge in [-0.2, -0.15) is 0 Å². The van der Waals surface area contributed by atoms with Crippen molar-refractivity contribution in [1.29, 1.82) is 10.8 Å². The van der Waals surface area contributed by atoms with Crippen molar-refractivity contribution in [3.05, 3.63) is 59.8 Å². The highest BCUT2D eigenvalue weighted by Gasteiger charge is 1.95. The molecule has 0 unspecified atom stereocenters. The predicted molar refractivity (Wildman–Crippen MR) is 127 cm³/mol. The molecular formula is C22H36Br2N4. The number of hydrogen-bond acceptors (Lipinski definition) is 2. The first kappa shape index (κ1) is 26.9. The summed E-state index contributed by atoms with van der Waals surface area (Å²) in [6, 6.07) is 7.41. The van der Waals surface area contributed by atoms with Crippen LogP contribution in [0.5, 0.6) is 0 Å². The van der Waals surface area contributed by atoms with Crippen LogP contribution < -0.4 is 10.7 Å². The molecule has 0 atom stereocenters. The minimum Gasteiger partial charge on any atom is -0.354 e. The second-order valence-corrected chi connectivity index (χ2v) is 7.18. The normalized spacial score (nSPS) is 10.1. The van der Waals surface area contributed by atoms with Crippen LogP contribution in [0.25, 0.3) is 0 Å². The van der Waals surface area contributed by atoms with Gasteiger partial charge < -0.3 is 20.0 Å². The number of aromatic nitrogens is 2. The van der Waals surface area contributed by atoms with E-state index in [2.05, 4.69) is 9.13 Å². The van der Waals surface area contributed by atoms with Gasteiger partial charge in [0.25, 0.3) is 0 Å². The van der Waals surface area contributed by atoms with E-state index in [4.69, 9.17) is 10.8 Å². The number of nitrogens with zero attached hydrogens (tertiary/aromatic N) is 2. The van der Waals surface area contributed by atoms with Crippen LogP contribution in [0.15, 0.2) is 49.1 Å². The van der Waals surface area contributed by atoms with Crippen LogP contribution in [0.4, 0.5) is 0 Å². The molecule has 0 aliphatic rings. The molecule has 2 aromatic heterocycles. The zero-order chi connectivity index (χ0) is 18.5. The fourth-order valence-electron chi connectivity index (χ4n) is 3.22. The van der Waals surface area contributed by atoms with Gasteiger partial charge in [0.15, 0.2) is 0 Å². The number of nitrogens with one attached hydrogen (secondary N) is 2. The smallest absolute Gasteiger partial charge is 0.0568 e. The van der Waals surface area contributed by atoms with Crippen LogP contribution in [-0.2, 0) is 13.1 Å². The lowest BCUT2D eigenvalue weighted by Gasteiger charge is -2.07. The van der Waals surface area contributed by atoms with E-state index in [0.29, 0.717) is 10.7 Å². The highest BCUT2D eigenvalue weighted by molar-refractivity contribution is 8.93. The lowest BCUT2D eigenvalue weighted by molar-refractivity contribution is 0.521. The van der Waals surface area contributed by atoms with Gasteiger partial charge in [-0.15, -0.1) is 34.0 Å². The Bertz CT molecular complexity index is 635. The van der Waals surface area contributed by atoms with Crippen molar-refractivity contribution in [2.75, 3.05) is 0 Å². The quantitative estimate of drug-likeness (QED) is 0.307. The van der Waals surface area contributed by atoms with Crippen LogP contribution in [0.1, 0.15) is 64.2 Å². The van der Waals surface area contributed by atoms with Crippen LogP contribution in [-0.4, -0.2) is 9.13 Å². The summed E-state index contributed by atoms with van der Waals surface area (Å²) in [7, 11) is 0. The molecule has 0 fully saturated rings. The van der Waals surface area contributed by atoms with Crippen molar-refractivity contribution in [3.63, 3.8) is 0 Å². The van der Waals surface area contributed by atoms with Crippen LogP contribution in [0.2, 0.25) is 0 Å². The highest BCUT2D eigenvalue weighted by atomic mass is 79.9. The van der Waals surface area contributed by atoms with Crippen molar-refractivity contribution in [2.45, 2.75) is 77.3 Å². The molecule has 2 rings (SSSR count). The Morgan fingerprint density at radius 2 is 0.714 bits per heavy atom. The summed E-state index contributed by atoms with van der Waals surface area (Å²) >= 11 is 0. The number of unbranched alkanes of at least 4 members (excludes halogenated alkanes) is 9. The first-order valence-electron chi connectivity index (χ1n) is 10.2. The molecule has 0 bridgehead atoms.